The van der Waals surface area contributed by atoms with Crippen molar-refractivity contribution in [2.75, 3.05) is 13.1 Å². The van der Waals surface area contributed by atoms with Gasteiger partial charge < -0.3 is 10.1 Å². The summed E-state index contributed by atoms with van der Waals surface area (Å²) in [5.41, 5.74) is 0.802. The predicted molar refractivity (Wildman–Crippen MR) is 74.6 cm³/mol. The first-order chi connectivity index (χ1) is 9.31. The van der Waals surface area contributed by atoms with E-state index in [-0.39, 0.29) is 5.78 Å². The Kier molecular flexibility index (Phi) is 3.83. The van der Waals surface area contributed by atoms with Crippen molar-refractivity contribution in [3.63, 3.8) is 0 Å². The molecule has 0 radical (unpaired) electrons. The Bertz CT molecular complexity index is 448. The van der Waals surface area contributed by atoms with Crippen molar-refractivity contribution < 1.29 is 9.53 Å². The number of carbonyl (C=O) groups is 1. The molecule has 0 bridgehead atoms. The smallest absolute Gasteiger partial charge is 0.163 e. The number of ketones is 1. The lowest BCUT2D eigenvalue weighted by molar-refractivity contribution is 0.0952. The molecule has 1 N–H and O–H groups in total. The molecular weight excluding hydrogens is 238 g/mol. The number of hydrogen-bond acceptors (Lipinski definition) is 3. The van der Waals surface area contributed by atoms with Crippen LogP contribution in [0, 0.1) is 5.92 Å². The van der Waals surface area contributed by atoms with Crippen molar-refractivity contribution in [1.82, 2.24) is 5.32 Å². The molecule has 3 nitrogen and oxygen atoms in total. The van der Waals surface area contributed by atoms with E-state index in [0.29, 0.717) is 18.4 Å². The van der Waals surface area contributed by atoms with E-state index in [2.05, 4.69) is 5.32 Å². The highest BCUT2D eigenvalue weighted by Gasteiger charge is 2.24. The lowest BCUT2D eigenvalue weighted by atomic mass is 9.90. The van der Waals surface area contributed by atoms with E-state index in [0.717, 1.165) is 50.1 Å². The van der Waals surface area contributed by atoms with E-state index < -0.39 is 0 Å². The average molecular weight is 259 g/mol. The molecule has 1 aromatic carbocycles. The quantitative estimate of drug-likeness (QED) is 0.826. The fraction of sp³-hybridized carbons (Fsp3) is 0.562. The van der Waals surface area contributed by atoms with Crippen molar-refractivity contribution in [3.05, 3.63) is 29.8 Å². The molecule has 0 atom stereocenters. The van der Waals surface area contributed by atoms with Crippen molar-refractivity contribution >= 4 is 5.78 Å². The molecule has 0 spiro atoms. The molecule has 2 aliphatic rings. The Morgan fingerprint density at radius 2 is 2.00 bits per heavy atom. The normalized spacial score (nSPS) is 20.2. The van der Waals surface area contributed by atoms with E-state index in [1.807, 2.05) is 24.3 Å². The summed E-state index contributed by atoms with van der Waals surface area (Å²) in [5.74, 6) is 1.65. The second kappa shape index (κ2) is 5.74. The minimum absolute atomic E-state index is 0.258. The first-order valence-electron chi connectivity index (χ1n) is 7.32. The number of piperidine rings is 1. The molecule has 3 heteroatoms. The van der Waals surface area contributed by atoms with Gasteiger partial charge in [0.05, 0.1) is 6.10 Å². The summed E-state index contributed by atoms with van der Waals surface area (Å²) < 4.78 is 5.74. The molecule has 1 aliphatic carbocycles. The molecule has 102 valence electrons. The van der Waals surface area contributed by atoms with Crippen LogP contribution >= 0.6 is 0 Å². The molecule has 19 heavy (non-hydrogen) atoms. The van der Waals surface area contributed by atoms with Gasteiger partial charge in [-0.15, -0.1) is 0 Å². The van der Waals surface area contributed by atoms with Crippen molar-refractivity contribution in [1.29, 1.82) is 0 Å². The number of Topliss-reactive ketones (excluding diaryl/α,β-unsaturated/α-hetero) is 1. The van der Waals surface area contributed by atoms with Gasteiger partial charge in [0.2, 0.25) is 0 Å². The van der Waals surface area contributed by atoms with Crippen LogP contribution in [-0.2, 0) is 0 Å². The number of rotatable bonds is 5. The number of nitrogens with one attached hydrogen (secondary N) is 1. The topological polar surface area (TPSA) is 38.3 Å². The van der Waals surface area contributed by atoms with E-state index in [1.54, 1.807) is 0 Å². The number of hydrogen-bond donors (Lipinski definition) is 1. The summed E-state index contributed by atoms with van der Waals surface area (Å²) in [4.78, 5) is 12.3. The van der Waals surface area contributed by atoms with Gasteiger partial charge in [-0.25, -0.2) is 0 Å². The van der Waals surface area contributed by atoms with Crippen LogP contribution in [-0.4, -0.2) is 25.0 Å². The minimum Gasteiger partial charge on any atom is -0.490 e. The van der Waals surface area contributed by atoms with Gasteiger partial charge in [-0.1, -0.05) is 12.1 Å². The largest absolute Gasteiger partial charge is 0.490 e. The van der Waals surface area contributed by atoms with Crippen molar-refractivity contribution in [2.45, 2.75) is 38.2 Å². The monoisotopic (exact) mass is 259 g/mol. The van der Waals surface area contributed by atoms with Crippen LogP contribution in [0.3, 0.4) is 0 Å². The zero-order chi connectivity index (χ0) is 13.1. The summed E-state index contributed by atoms with van der Waals surface area (Å²) in [5, 5.41) is 3.33. The third kappa shape index (κ3) is 3.57. The third-order valence-electron chi connectivity index (χ3n) is 3.92. The molecule has 2 fully saturated rings. The molecule has 1 aliphatic heterocycles. The molecule has 1 saturated carbocycles. The highest BCUT2D eigenvalue weighted by molar-refractivity contribution is 5.96. The first kappa shape index (κ1) is 12.7. The van der Waals surface area contributed by atoms with Crippen LogP contribution in [0.2, 0.25) is 0 Å². The maximum absolute atomic E-state index is 12.3. The lowest BCUT2D eigenvalue weighted by Gasteiger charge is -2.21. The number of ether oxygens (including phenoxy) is 1. The van der Waals surface area contributed by atoms with Gasteiger partial charge in [0.15, 0.2) is 5.78 Å². The molecule has 3 rings (SSSR count). The van der Waals surface area contributed by atoms with Crippen molar-refractivity contribution in [2.24, 2.45) is 5.92 Å². The summed E-state index contributed by atoms with van der Waals surface area (Å²) in [7, 11) is 0. The fourth-order valence-electron chi connectivity index (χ4n) is 2.59. The van der Waals surface area contributed by atoms with Gasteiger partial charge in [-0.05, 0) is 56.8 Å². The molecule has 1 aromatic rings. The van der Waals surface area contributed by atoms with Gasteiger partial charge in [-0.3, -0.25) is 4.79 Å². The average Bonchev–Trinajstić information content (AvgIpc) is 3.24. The van der Waals surface area contributed by atoms with Gasteiger partial charge in [0, 0.05) is 12.0 Å². The highest BCUT2D eigenvalue weighted by Crippen LogP contribution is 2.27. The number of benzene rings is 1. The van der Waals surface area contributed by atoms with Gasteiger partial charge in [0.1, 0.15) is 5.75 Å². The minimum atomic E-state index is 0.258. The van der Waals surface area contributed by atoms with Crippen LogP contribution in [0.15, 0.2) is 24.3 Å². The third-order valence-corrected chi connectivity index (χ3v) is 3.92. The molecule has 1 saturated heterocycles. The number of carbonyl (C=O) groups excluding carboxylic acids is 1. The molecule has 0 aromatic heterocycles. The summed E-state index contributed by atoms with van der Waals surface area (Å²) in [6.45, 7) is 2.09. The molecule has 0 amide bonds. The molecular formula is C16H21NO2. The van der Waals surface area contributed by atoms with Gasteiger partial charge in [0.25, 0.3) is 0 Å². The zero-order valence-electron chi connectivity index (χ0n) is 11.2. The van der Waals surface area contributed by atoms with E-state index in [1.165, 1.54) is 0 Å². The second-order valence-corrected chi connectivity index (χ2v) is 5.67. The fourth-order valence-corrected chi connectivity index (χ4v) is 2.59. The molecule has 0 unspecified atom stereocenters. The lowest BCUT2D eigenvalue weighted by Crippen LogP contribution is -2.28. The summed E-state index contributed by atoms with van der Waals surface area (Å²) >= 11 is 0. The van der Waals surface area contributed by atoms with Crippen LogP contribution in [0.5, 0.6) is 5.75 Å². The highest BCUT2D eigenvalue weighted by atomic mass is 16.5. The Morgan fingerprint density at radius 3 is 2.74 bits per heavy atom. The Hall–Kier alpha value is -1.35. The van der Waals surface area contributed by atoms with Crippen LogP contribution in [0.25, 0.3) is 0 Å². The van der Waals surface area contributed by atoms with Gasteiger partial charge in [-0.2, -0.15) is 0 Å². The predicted octanol–water partition coefficient (Wildman–Crippen LogP) is 2.80. The maximum Gasteiger partial charge on any atom is 0.163 e. The molecule has 1 heterocycles. The summed E-state index contributed by atoms with van der Waals surface area (Å²) in [6.07, 6.45) is 5.58. The van der Waals surface area contributed by atoms with E-state index in [9.17, 15) is 4.79 Å². The zero-order valence-corrected chi connectivity index (χ0v) is 11.2. The second-order valence-electron chi connectivity index (χ2n) is 5.67. The van der Waals surface area contributed by atoms with Gasteiger partial charge >= 0.3 is 0 Å². The van der Waals surface area contributed by atoms with E-state index >= 15 is 0 Å². The maximum atomic E-state index is 12.3. The first-order valence-corrected chi connectivity index (χ1v) is 7.32. The standard InChI is InChI=1S/C16H21NO2/c18-16(10-12-6-8-17-9-7-12)13-2-1-3-15(11-13)19-14-4-5-14/h1-3,11-12,14,17H,4-10H2. The Morgan fingerprint density at radius 1 is 1.21 bits per heavy atom. The van der Waals surface area contributed by atoms with Crippen molar-refractivity contribution in [3.8, 4) is 5.75 Å². The summed E-state index contributed by atoms with van der Waals surface area (Å²) in [6, 6.07) is 7.68. The SMILES string of the molecule is O=C(CC1CCNCC1)c1cccc(OC2CC2)c1. The Labute approximate surface area is 114 Å². The van der Waals surface area contributed by atoms with E-state index in [4.69, 9.17) is 4.74 Å². The van der Waals surface area contributed by atoms with Crippen LogP contribution < -0.4 is 10.1 Å². The van der Waals surface area contributed by atoms with Crippen LogP contribution in [0.1, 0.15) is 42.5 Å². The van der Waals surface area contributed by atoms with Crippen LogP contribution in [0.4, 0.5) is 0 Å². The Balaban J connectivity index is 1.61.